The first-order valence-electron chi connectivity index (χ1n) is 5.40. The molecule has 1 aromatic carbocycles. The molecule has 19 heavy (non-hydrogen) atoms. The minimum atomic E-state index is -3.79. The van der Waals surface area contributed by atoms with E-state index < -0.39 is 37.7 Å². The SMILES string of the molecule is CC(C)(CC(=O)O)c1ccc(S(C)(=O)=O)c(F)c1O. The Hall–Kier alpha value is -1.63. The van der Waals surface area contributed by atoms with Crippen molar-refractivity contribution < 1.29 is 27.8 Å². The quantitative estimate of drug-likeness (QED) is 0.880. The number of hydrogen-bond donors (Lipinski definition) is 2. The van der Waals surface area contributed by atoms with Crippen molar-refractivity contribution in [2.24, 2.45) is 0 Å². The van der Waals surface area contributed by atoms with E-state index in [-0.39, 0.29) is 12.0 Å². The van der Waals surface area contributed by atoms with Crippen LogP contribution >= 0.6 is 0 Å². The summed E-state index contributed by atoms with van der Waals surface area (Å²) in [5.41, 5.74) is -0.966. The third-order valence-electron chi connectivity index (χ3n) is 2.80. The topological polar surface area (TPSA) is 91.7 Å². The van der Waals surface area contributed by atoms with E-state index in [1.54, 1.807) is 0 Å². The van der Waals surface area contributed by atoms with Gasteiger partial charge in [-0.05, 0) is 6.07 Å². The molecule has 0 aromatic heterocycles. The number of halogens is 1. The average Bonchev–Trinajstić information content (AvgIpc) is 2.17. The number of aromatic hydroxyl groups is 1. The number of rotatable bonds is 4. The first-order valence-corrected chi connectivity index (χ1v) is 7.30. The molecule has 1 rings (SSSR count). The highest BCUT2D eigenvalue weighted by Gasteiger charge is 2.30. The number of phenolic OH excluding ortho intramolecular Hbond substituents is 1. The normalized spacial score (nSPS) is 12.4. The zero-order valence-corrected chi connectivity index (χ0v) is 11.6. The molecule has 0 fully saturated rings. The first-order chi connectivity index (χ1) is 8.47. The fourth-order valence-corrected chi connectivity index (χ4v) is 2.59. The maximum absolute atomic E-state index is 13.8. The van der Waals surface area contributed by atoms with Crippen LogP contribution in [0, 0.1) is 5.82 Å². The van der Waals surface area contributed by atoms with Crippen LogP contribution in [-0.2, 0) is 20.0 Å². The molecular formula is C12H15FO5S. The molecular weight excluding hydrogens is 275 g/mol. The van der Waals surface area contributed by atoms with Gasteiger partial charge in [-0.25, -0.2) is 12.8 Å². The van der Waals surface area contributed by atoms with Crippen LogP contribution in [0.3, 0.4) is 0 Å². The second-order valence-electron chi connectivity index (χ2n) is 5.00. The lowest BCUT2D eigenvalue weighted by Crippen LogP contribution is -2.22. The monoisotopic (exact) mass is 290 g/mol. The van der Waals surface area contributed by atoms with Crippen LogP contribution in [0.25, 0.3) is 0 Å². The second kappa shape index (κ2) is 4.80. The fraction of sp³-hybridized carbons (Fsp3) is 0.417. The van der Waals surface area contributed by atoms with Crippen LogP contribution in [0.4, 0.5) is 4.39 Å². The van der Waals surface area contributed by atoms with Gasteiger partial charge in [-0.2, -0.15) is 0 Å². The van der Waals surface area contributed by atoms with Crippen molar-refractivity contribution in [2.45, 2.75) is 30.6 Å². The molecule has 7 heteroatoms. The van der Waals surface area contributed by atoms with E-state index in [9.17, 15) is 22.7 Å². The van der Waals surface area contributed by atoms with E-state index in [1.165, 1.54) is 19.9 Å². The summed E-state index contributed by atoms with van der Waals surface area (Å²) in [6, 6.07) is 2.26. The van der Waals surface area contributed by atoms with Crippen molar-refractivity contribution in [3.8, 4) is 5.75 Å². The van der Waals surface area contributed by atoms with Gasteiger partial charge in [-0.3, -0.25) is 4.79 Å². The number of carbonyl (C=O) groups is 1. The Morgan fingerprint density at radius 2 is 1.89 bits per heavy atom. The lowest BCUT2D eigenvalue weighted by molar-refractivity contribution is -0.138. The standard InChI is InChI=1S/C12H15FO5S/c1-12(2,6-9(14)15)7-4-5-8(19(3,17)18)10(13)11(7)16/h4-5,16H,6H2,1-3H3,(H,14,15). The third-order valence-corrected chi connectivity index (χ3v) is 3.92. The molecule has 0 aliphatic heterocycles. The number of aliphatic carboxylic acids is 1. The zero-order valence-electron chi connectivity index (χ0n) is 10.8. The summed E-state index contributed by atoms with van der Waals surface area (Å²) < 4.78 is 36.4. The maximum Gasteiger partial charge on any atom is 0.304 e. The third kappa shape index (κ3) is 3.23. The molecule has 0 atom stereocenters. The number of phenols is 1. The van der Waals surface area contributed by atoms with E-state index >= 15 is 0 Å². The summed E-state index contributed by atoms with van der Waals surface area (Å²) in [7, 11) is -3.79. The number of benzene rings is 1. The molecule has 1 aromatic rings. The van der Waals surface area contributed by atoms with Crippen molar-refractivity contribution in [1.82, 2.24) is 0 Å². The van der Waals surface area contributed by atoms with Crippen LogP contribution in [0.1, 0.15) is 25.8 Å². The van der Waals surface area contributed by atoms with Gasteiger partial charge in [0.1, 0.15) is 4.90 Å². The number of carboxylic acid groups (broad SMARTS) is 1. The van der Waals surface area contributed by atoms with Crippen molar-refractivity contribution in [3.05, 3.63) is 23.5 Å². The van der Waals surface area contributed by atoms with Gasteiger partial charge in [0, 0.05) is 17.2 Å². The molecule has 0 unspecified atom stereocenters. The molecule has 0 spiro atoms. The molecule has 0 saturated heterocycles. The van der Waals surface area contributed by atoms with Gasteiger partial charge in [0.25, 0.3) is 0 Å². The molecule has 0 aliphatic rings. The van der Waals surface area contributed by atoms with Crippen LogP contribution in [-0.4, -0.2) is 30.9 Å². The van der Waals surface area contributed by atoms with E-state index in [0.29, 0.717) is 0 Å². The van der Waals surface area contributed by atoms with Gasteiger partial charge in [0.05, 0.1) is 6.42 Å². The molecule has 5 nitrogen and oxygen atoms in total. The van der Waals surface area contributed by atoms with Gasteiger partial charge >= 0.3 is 5.97 Å². The summed E-state index contributed by atoms with van der Waals surface area (Å²) in [5, 5.41) is 18.5. The van der Waals surface area contributed by atoms with Gasteiger partial charge < -0.3 is 10.2 Å². The van der Waals surface area contributed by atoms with E-state index in [4.69, 9.17) is 5.11 Å². The van der Waals surface area contributed by atoms with Crippen LogP contribution in [0.2, 0.25) is 0 Å². The van der Waals surface area contributed by atoms with Crippen molar-refractivity contribution >= 4 is 15.8 Å². The van der Waals surface area contributed by atoms with Gasteiger partial charge in [-0.1, -0.05) is 19.9 Å². The lowest BCUT2D eigenvalue weighted by atomic mass is 9.81. The summed E-state index contributed by atoms with van der Waals surface area (Å²) in [4.78, 5) is 10.1. The summed E-state index contributed by atoms with van der Waals surface area (Å²) >= 11 is 0. The first kappa shape index (κ1) is 15.4. The Morgan fingerprint density at radius 3 is 2.32 bits per heavy atom. The Kier molecular flexibility index (Phi) is 3.90. The zero-order chi connectivity index (χ0) is 15.0. The lowest BCUT2D eigenvalue weighted by Gasteiger charge is -2.24. The molecule has 0 amide bonds. The molecule has 0 aliphatic carbocycles. The van der Waals surface area contributed by atoms with Crippen LogP contribution in [0.15, 0.2) is 17.0 Å². The summed E-state index contributed by atoms with van der Waals surface area (Å²) in [6.45, 7) is 3.05. The minimum absolute atomic E-state index is 0.0554. The molecule has 0 bridgehead atoms. The van der Waals surface area contributed by atoms with Crippen molar-refractivity contribution in [2.75, 3.05) is 6.26 Å². The number of hydrogen-bond acceptors (Lipinski definition) is 4. The van der Waals surface area contributed by atoms with Crippen molar-refractivity contribution in [3.63, 3.8) is 0 Å². The number of sulfone groups is 1. The average molecular weight is 290 g/mol. The van der Waals surface area contributed by atoms with E-state index in [2.05, 4.69) is 0 Å². The molecule has 0 radical (unpaired) electrons. The predicted octanol–water partition coefficient (Wildman–Crippen LogP) is 1.69. The Labute approximate surface area is 110 Å². The smallest absolute Gasteiger partial charge is 0.304 e. The van der Waals surface area contributed by atoms with Gasteiger partial charge in [-0.15, -0.1) is 0 Å². The molecule has 2 N–H and O–H groups in total. The minimum Gasteiger partial charge on any atom is -0.505 e. The molecule has 0 saturated carbocycles. The number of carboxylic acids is 1. The highest BCUT2D eigenvalue weighted by molar-refractivity contribution is 7.90. The van der Waals surface area contributed by atoms with Crippen LogP contribution < -0.4 is 0 Å². The van der Waals surface area contributed by atoms with E-state index in [0.717, 1.165) is 12.3 Å². The van der Waals surface area contributed by atoms with Crippen LogP contribution in [0.5, 0.6) is 5.75 Å². The molecule has 0 heterocycles. The second-order valence-corrected chi connectivity index (χ2v) is 6.98. The summed E-state index contributed by atoms with van der Waals surface area (Å²) in [5.74, 6) is -3.18. The Bertz CT molecular complexity index is 619. The van der Waals surface area contributed by atoms with Crippen molar-refractivity contribution in [1.29, 1.82) is 0 Å². The predicted molar refractivity (Wildman–Crippen MR) is 66.5 cm³/mol. The van der Waals surface area contributed by atoms with E-state index in [1.807, 2.05) is 0 Å². The maximum atomic E-state index is 13.8. The highest BCUT2D eigenvalue weighted by atomic mass is 32.2. The van der Waals surface area contributed by atoms with Gasteiger partial charge in [0.2, 0.25) is 0 Å². The highest BCUT2D eigenvalue weighted by Crippen LogP contribution is 2.37. The Morgan fingerprint density at radius 1 is 1.37 bits per heavy atom. The summed E-state index contributed by atoms with van der Waals surface area (Å²) in [6.07, 6.45) is 0.505. The fourth-order valence-electron chi connectivity index (χ4n) is 1.85. The largest absolute Gasteiger partial charge is 0.505 e. The molecule has 106 valence electrons. The Balaban J connectivity index is 3.43. The van der Waals surface area contributed by atoms with Gasteiger partial charge in [0.15, 0.2) is 21.4 Å².